The van der Waals surface area contributed by atoms with Gasteiger partial charge in [0.2, 0.25) is 5.16 Å². The zero-order chi connectivity index (χ0) is 17.1. The molecular formula is C17H15F2N3OS. The average molecular weight is 347 g/mol. The number of methoxy groups -OCH3 is 1. The van der Waals surface area contributed by atoms with Gasteiger partial charge in [0.1, 0.15) is 5.75 Å². The largest absolute Gasteiger partial charge is 0.497 e. The van der Waals surface area contributed by atoms with Gasteiger partial charge in [-0.3, -0.25) is 4.57 Å². The molecule has 0 aliphatic rings. The van der Waals surface area contributed by atoms with Crippen molar-refractivity contribution < 1.29 is 13.5 Å². The van der Waals surface area contributed by atoms with Gasteiger partial charge in [-0.15, -0.1) is 10.2 Å². The molecule has 0 saturated carbocycles. The Kier molecular flexibility index (Phi) is 4.80. The van der Waals surface area contributed by atoms with Gasteiger partial charge in [0.25, 0.3) is 5.76 Å². The van der Waals surface area contributed by atoms with Crippen molar-refractivity contribution in [3.8, 4) is 22.8 Å². The molecule has 0 bridgehead atoms. The van der Waals surface area contributed by atoms with Crippen molar-refractivity contribution in [3.63, 3.8) is 0 Å². The molecule has 1 aromatic heterocycles. The smallest absolute Gasteiger partial charge is 0.291 e. The molecule has 0 spiro atoms. The second-order valence-electron chi connectivity index (χ2n) is 5.08. The highest BCUT2D eigenvalue weighted by atomic mass is 32.2. The van der Waals surface area contributed by atoms with E-state index in [-0.39, 0.29) is 5.16 Å². The molecule has 4 nitrogen and oxygen atoms in total. The molecule has 0 aliphatic carbocycles. The molecule has 0 amide bonds. The highest BCUT2D eigenvalue weighted by Gasteiger charge is 2.19. The molecule has 1 heterocycles. The second-order valence-corrected chi connectivity index (χ2v) is 6.04. The fourth-order valence-electron chi connectivity index (χ4n) is 2.28. The van der Waals surface area contributed by atoms with Gasteiger partial charge in [0.05, 0.1) is 7.11 Å². The summed E-state index contributed by atoms with van der Waals surface area (Å²) in [7, 11) is 1.58. The Bertz CT molecular complexity index is 817. The fraction of sp³-hybridized carbons (Fsp3) is 0.176. The predicted molar refractivity (Wildman–Crippen MR) is 89.9 cm³/mol. The highest BCUT2D eigenvalue weighted by Crippen LogP contribution is 2.31. The molecule has 0 saturated heterocycles. The van der Waals surface area contributed by atoms with Crippen LogP contribution in [0.25, 0.3) is 17.1 Å². The normalized spacial score (nSPS) is 11.0. The third-order valence-electron chi connectivity index (χ3n) is 3.47. The monoisotopic (exact) mass is 347 g/mol. The number of halogens is 2. The van der Waals surface area contributed by atoms with E-state index in [1.807, 2.05) is 43.3 Å². The second kappa shape index (κ2) is 7.00. The summed E-state index contributed by atoms with van der Waals surface area (Å²) in [6.07, 6.45) is 0. The predicted octanol–water partition coefficient (Wildman–Crippen LogP) is 4.57. The number of benzene rings is 2. The average Bonchev–Trinajstić information content (AvgIpc) is 2.98. The van der Waals surface area contributed by atoms with E-state index in [0.717, 1.165) is 16.8 Å². The van der Waals surface area contributed by atoms with Crippen LogP contribution in [0.1, 0.15) is 5.56 Å². The Morgan fingerprint density at radius 2 is 1.67 bits per heavy atom. The van der Waals surface area contributed by atoms with Crippen LogP contribution in [0.3, 0.4) is 0 Å². The molecule has 0 fully saturated rings. The molecule has 2 aromatic carbocycles. The minimum absolute atomic E-state index is 0.152. The van der Waals surface area contributed by atoms with E-state index in [0.29, 0.717) is 23.3 Å². The Balaban J connectivity index is 2.11. The molecule has 0 unspecified atom stereocenters. The summed E-state index contributed by atoms with van der Waals surface area (Å²) in [4.78, 5) is 0. The summed E-state index contributed by atoms with van der Waals surface area (Å²) in [5, 5.41) is 8.20. The molecule has 0 aliphatic heterocycles. The first kappa shape index (κ1) is 16.4. The Morgan fingerprint density at radius 1 is 1.00 bits per heavy atom. The van der Waals surface area contributed by atoms with Crippen molar-refractivity contribution in [1.29, 1.82) is 0 Å². The van der Waals surface area contributed by atoms with Crippen LogP contribution in [0.5, 0.6) is 5.75 Å². The quantitative estimate of drug-likeness (QED) is 0.634. The van der Waals surface area contributed by atoms with Gasteiger partial charge in [-0.25, -0.2) is 0 Å². The van der Waals surface area contributed by atoms with Crippen molar-refractivity contribution in [3.05, 3.63) is 54.1 Å². The summed E-state index contributed by atoms with van der Waals surface area (Å²) in [5.41, 5.74) is 2.59. The molecule has 7 heteroatoms. The van der Waals surface area contributed by atoms with E-state index in [9.17, 15) is 8.78 Å². The first-order valence-corrected chi connectivity index (χ1v) is 8.08. The number of alkyl halides is 2. The maximum atomic E-state index is 12.9. The van der Waals surface area contributed by atoms with Crippen molar-refractivity contribution in [1.82, 2.24) is 14.8 Å². The molecule has 0 N–H and O–H groups in total. The SMILES string of the molecule is COc1ccc(-c2nnc(SC(F)F)n2-c2ccc(C)cc2)cc1. The minimum Gasteiger partial charge on any atom is -0.497 e. The summed E-state index contributed by atoms with van der Waals surface area (Å²) in [6.45, 7) is 1.97. The van der Waals surface area contributed by atoms with Crippen LogP contribution < -0.4 is 4.74 Å². The topological polar surface area (TPSA) is 39.9 Å². The molecule has 124 valence electrons. The molecule has 0 radical (unpaired) electrons. The Hall–Kier alpha value is -2.41. The van der Waals surface area contributed by atoms with E-state index in [1.165, 1.54) is 0 Å². The van der Waals surface area contributed by atoms with Crippen molar-refractivity contribution in [2.45, 2.75) is 17.8 Å². The lowest BCUT2D eigenvalue weighted by Crippen LogP contribution is -2.00. The first-order chi connectivity index (χ1) is 11.6. The number of aryl methyl sites for hydroxylation is 1. The zero-order valence-electron chi connectivity index (χ0n) is 13.1. The van der Waals surface area contributed by atoms with E-state index in [1.54, 1.807) is 23.8 Å². The maximum Gasteiger partial charge on any atom is 0.291 e. The molecule has 0 atom stereocenters. The summed E-state index contributed by atoms with van der Waals surface area (Å²) < 4.78 is 32.5. The van der Waals surface area contributed by atoms with Gasteiger partial charge < -0.3 is 4.74 Å². The number of nitrogens with zero attached hydrogens (tertiary/aromatic N) is 3. The molecular weight excluding hydrogens is 332 g/mol. The third-order valence-corrected chi connectivity index (χ3v) is 4.12. The van der Waals surface area contributed by atoms with Gasteiger partial charge in [-0.1, -0.05) is 17.7 Å². The minimum atomic E-state index is -2.57. The van der Waals surface area contributed by atoms with Crippen LogP contribution in [0, 0.1) is 6.92 Å². The summed E-state index contributed by atoms with van der Waals surface area (Å²) >= 11 is 0.379. The highest BCUT2D eigenvalue weighted by molar-refractivity contribution is 7.99. The van der Waals surface area contributed by atoms with Gasteiger partial charge in [-0.2, -0.15) is 8.78 Å². The third kappa shape index (κ3) is 3.41. The van der Waals surface area contributed by atoms with Crippen molar-refractivity contribution in [2.24, 2.45) is 0 Å². The Morgan fingerprint density at radius 3 is 2.25 bits per heavy atom. The molecule has 24 heavy (non-hydrogen) atoms. The first-order valence-electron chi connectivity index (χ1n) is 7.20. The number of rotatable bonds is 5. The summed E-state index contributed by atoms with van der Waals surface area (Å²) in [5.74, 6) is -1.35. The lowest BCUT2D eigenvalue weighted by molar-refractivity contribution is 0.251. The Labute approximate surface area is 142 Å². The number of ether oxygens (including phenoxy) is 1. The maximum absolute atomic E-state index is 12.9. The zero-order valence-corrected chi connectivity index (χ0v) is 13.9. The standard InChI is InChI=1S/C17H15F2N3OS/c1-11-3-7-13(8-4-11)22-15(20-21-17(22)24-16(18)19)12-5-9-14(23-2)10-6-12/h3-10,16H,1-2H3. The van der Waals surface area contributed by atoms with Crippen molar-refractivity contribution in [2.75, 3.05) is 7.11 Å². The van der Waals surface area contributed by atoms with Crippen LogP contribution in [-0.2, 0) is 0 Å². The van der Waals surface area contributed by atoms with E-state index in [2.05, 4.69) is 10.2 Å². The van der Waals surface area contributed by atoms with Gasteiger partial charge >= 0.3 is 0 Å². The van der Waals surface area contributed by atoms with Crippen LogP contribution >= 0.6 is 11.8 Å². The number of thioether (sulfide) groups is 1. The van der Waals surface area contributed by atoms with Crippen LogP contribution in [0.2, 0.25) is 0 Å². The lowest BCUT2D eigenvalue weighted by atomic mass is 10.2. The lowest BCUT2D eigenvalue weighted by Gasteiger charge is -2.11. The van der Waals surface area contributed by atoms with Crippen LogP contribution in [-0.4, -0.2) is 27.6 Å². The van der Waals surface area contributed by atoms with E-state index >= 15 is 0 Å². The van der Waals surface area contributed by atoms with Crippen LogP contribution in [0.15, 0.2) is 53.7 Å². The van der Waals surface area contributed by atoms with Gasteiger partial charge in [0.15, 0.2) is 5.82 Å². The van der Waals surface area contributed by atoms with Crippen molar-refractivity contribution >= 4 is 11.8 Å². The van der Waals surface area contributed by atoms with Crippen LogP contribution in [0.4, 0.5) is 8.78 Å². The summed E-state index contributed by atoms with van der Waals surface area (Å²) in [6, 6.07) is 14.8. The fourth-order valence-corrected chi connectivity index (χ4v) is 2.82. The molecule has 3 rings (SSSR count). The van der Waals surface area contributed by atoms with Gasteiger partial charge in [0, 0.05) is 11.3 Å². The van der Waals surface area contributed by atoms with Gasteiger partial charge in [-0.05, 0) is 55.1 Å². The number of aromatic nitrogens is 3. The van der Waals surface area contributed by atoms with E-state index < -0.39 is 5.76 Å². The number of hydrogen-bond donors (Lipinski definition) is 0. The van der Waals surface area contributed by atoms with E-state index in [4.69, 9.17) is 4.74 Å². The molecule has 3 aromatic rings. The number of hydrogen-bond acceptors (Lipinski definition) is 4.